The summed E-state index contributed by atoms with van der Waals surface area (Å²) in [6, 6.07) is 5.69. The van der Waals surface area contributed by atoms with Crippen molar-refractivity contribution in [3.63, 3.8) is 0 Å². The van der Waals surface area contributed by atoms with Crippen LogP contribution in [0.2, 0.25) is 0 Å². The highest BCUT2D eigenvalue weighted by atomic mass is 79.9. The van der Waals surface area contributed by atoms with Crippen molar-refractivity contribution in [2.45, 2.75) is 32.6 Å². The first kappa shape index (κ1) is 14.0. The van der Waals surface area contributed by atoms with Gasteiger partial charge in [-0.15, -0.1) is 0 Å². The van der Waals surface area contributed by atoms with E-state index < -0.39 is 11.4 Å². The van der Waals surface area contributed by atoms with Gasteiger partial charge < -0.3 is 9.84 Å². The molecule has 0 heterocycles. The van der Waals surface area contributed by atoms with Crippen molar-refractivity contribution < 1.29 is 14.6 Å². The van der Waals surface area contributed by atoms with E-state index in [1.165, 1.54) is 0 Å². The van der Waals surface area contributed by atoms with E-state index in [9.17, 15) is 4.79 Å². The number of carboxylic acid groups (broad SMARTS) is 1. The van der Waals surface area contributed by atoms with Crippen LogP contribution in [0.3, 0.4) is 0 Å². The van der Waals surface area contributed by atoms with Crippen LogP contribution < -0.4 is 4.74 Å². The van der Waals surface area contributed by atoms with Crippen molar-refractivity contribution in [1.29, 1.82) is 0 Å². The average Bonchev–Trinajstić information content (AvgIpc) is 2.19. The van der Waals surface area contributed by atoms with Gasteiger partial charge in [0.15, 0.2) is 0 Å². The van der Waals surface area contributed by atoms with Gasteiger partial charge >= 0.3 is 5.97 Å². The van der Waals surface area contributed by atoms with E-state index in [1.807, 2.05) is 39.0 Å². The fourth-order valence-corrected chi connectivity index (χ4v) is 2.15. The maximum Gasteiger partial charge on any atom is 0.304 e. The number of ether oxygens (including phenoxy) is 1. The number of rotatable bonds is 5. The smallest absolute Gasteiger partial charge is 0.304 e. The molecule has 1 aromatic rings. The predicted molar refractivity (Wildman–Crippen MR) is 70.6 cm³/mol. The van der Waals surface area contributed by atoms with Gasteiger partial charge in [-0.1, -0.05) is 29.8 Å². The van der Waals surface area contributed by atoms with Crippen LogP contribution in [0.5, 0.6) is 5.75 Å². The Bertz CT molecular complexity index is 413. The van der Waals surface area contributed by atoms with Crippen LogP contribution in [0.15, 0.2) is 22.7 Å². The highest BCUT2D eigenvalue weighted by molar-refractivity contribution is 9.10. The SMILES string of the molecule is CCOc1ccc(Br)cc1C(C)(C)CC(=O)O. The first-order valence-corrected chi connectivity index (χ1v) is 6.30. The molecule has 0 unspecified atom stereocenters. The largest absolute Gasteiger partial charge is 0.494 e. The summed E-state index contributed by atoms with van der Waals surface area (Å²) < 4.78 is 6.47. The van der Waals surface area contributed by atoms with E-state index >= 15 is 0 Å². The lowest BCUT2D eigenvalue weighted by molar-refractivity contribution is -0.138. The Morgan fingerprint density at radius 2 is 2.12 bits per heavy atom. The van der Waals surface area contributed by atoms with Crippen LogP contribution in [0.25, 0.3) is 0 Å². The Morgan fingerprint density at radius 3 is 2.65 bits per heavy atom. The van der Waals surface area contributed by atoms with Crippen molar-refractivity contribution in [3.05, 3.63) is 28.2 Å². The van der Waals surface area contributed by atoms with Crippen LogP contribution in [-0.4, -0.2) is 17.7 Å². The molecule has 1 N–H and O–H groups in total. The lowest BCUT2D eigenvalue weighted by Crippen LogP contribution is -2.22. The van der Waals surface area contributed by atoms with E-state index in [0.29, 0.717) is 6.61 Å². The molecule has 94 valence electrons. The molecule has 0 aliphatic carbocycles. The molecule has 0 atom stereocenters. The van der Waals surface area contributed by atoms with Gasteiger partial charge in [-0.25, -0.2) is 0 Å². The third-order valence-corrected chi connectivity index (χ3v) is 3.06. The Hall–Kier alpha value is -1.03. The van der Waals surface area contributed by atoms with Crippen LogP contribution in [0.4, 0.5) is 0 Å². The molecule has 17 heavy (non-hydrogen) atoms. The lowest BCUT2D eigenvalue weighted by Gasteiger charge is -2.26. The number of hydrogen-bond donors (Lipinski definition) is 1. The number of hydrogen-bond acceptors (Lipinski definition) is 2. The molecule has 0 saturated carbocycles. The van der Waals surface area contributed by atoms with Crippen LogP contribution >= 0.6 is 15.9 Å². The minimum atomic E-state index is -0.808. The van der Waals surface area contributed by atoms with E-state index in [-0.39, 0.29) is 6.42 Å². The molecule has 3 nitrogen and oxygen atoms in total. The Labute approximate surface area is 110 Å². The van der Waals surface area contributed by atoms with E-state index in [4.69, 9.17) is 9.84 Å². The zero-order valence-electron chi connectivity index (χ0n) is 10.3. The highest BCUT2D eigenvalue weighted by Crippen LogP contribution is 2.36. The van der Waals surface area contributed by atoms with Crippen LogP contribution in [-0.2, 0) is 10.2 Å². The van der Waals surface area contributed by atoms with Gasteiger partial charge in [0, 0.05) is 15.5 Å². The number of aliphatic carboxylic acids is 1. The molecule has 0 radical (unpaired) electrons. The Kier molecular flexibility index (Phi) is 4.57. The van der Waals surface area contributed by atoms with Gasteiger partial charge in [-0.3, -0.25) is 4.79 Å². The van der Waals surface area contributed by atoms with Gasteiger partial charge in [-0.2, -0.15) is 0 Å². The fraction of sp³-hybridized carbons (Fsp3) is 0.462. The monoisotopic (exact) mass is 300 g/mol. The second-order valence-corrected chi connectivity index (χ2v) is 5.44. The summed E-state index contributed by atoms with van der Waals surface area (Å²) in [5, 5.41) is 8.95. The molecular formula is C13H17BrO3. The first-order valence-electron chi connectivity index (χ1n) is 5.51. The third kappa shape index (κ3) is 3.73. The molecule has 0 fully saturated rings. The van der Waals surface area contributed by atoms with Crippen molar-refractivity contribution >= 4 is 21.9 Å². The fourth-order valence-electron chi connectivity index (χ4n) is 1.79. The van der Waals surface area contributed by atoms with Crippen LogP contribution in [0.1, 0.15) is 32.8 Å². The number of benzene rings is 1. The molecule has 4 heteroatoms. The normalized spacial score (nSPS) is 11.3. The molecular weight excluding hydrogens is 284 g/mol. The maximum atomic E-state index is 10.9. The highest BCUT2D eigenvalue weighted by Gasteiger charge is 2.27. The molecule has 0 amide bonds. The summed E-state index contributed by atoms with van der Waals surface area (Å²) in [4.78, 5) is 10.9. The summed E-state index contributed by atoms with van der Waals surface area (Å²) in [7, 11) is 0. The molecule has 0 bridgehead atoms. The Balaban J connectivity index is 3.17. The summed E-state index contributed by atoms with van der Waals surface area (Å²) in [5.41, 5.74) is 0.455. The topological polar surface area (TPSA) is 46.5 Å². The minimum Gasteiger partial charge on any atom is -0.494 e. The number of halogens is 1. The number of carboxylic acids is 1. The summed E-state index contributed by atoms with van der Waals surface area (Å²) in [6.45, 7) is 6.30. The molecule has 0 aromatic heterocycles. The van der Waals surface area contributed by atoms with E-state index in [1.54, 1.807) is 0 Å². The van der Waals surface area contributed by atoms with Crippen molar-refractivity contribution in [2.75, 3.05) is 6.61 Å². The lowest BCUT2D eigenvalue weighted by atomic mass is 9.81. The zero-order valence-corrected chi connectivity index (χ0v) is 11.9. The molecule has 0 saturated heterocycles. The van der Waals surface area contributed by atoms with Crippen molar-refractivity contribution in [1.82, 2.24) is 0 Å². The van der Waals surface area contributed by atoms with Crippen molar-refractivity contribution in [3.8, 4) is 5.75 Å². The molecule has 0 spiro atoms. The quantitative estimate of drug-likeness (QED) is 0.904. The number of carbonyl (C=O) groups is 1. The predicted octanol–water partition coefficient (Wildman–Crippen LogP) is 3.60. The standard InChI is InChI=1S/C13H17BrO3/c1-4-17-11-6-5-9(14)7-10(11)13(2,3)8-12(15)16/h5-7H,4,8H2,1-3H3,(H,15,16). The zero-order chi connectivity index (χ0) is 13.1. The van der Waals surface area contributed by atoms with Crippen molar-refractivity contribution in [2.24, 2.45) is 0 Å². The minimum absolute atomic E-state index is 0.0729. The molecule has 1 aromatic carbocycles. The maximum absolute atomic E-state index is 10.9. The second-order valence-electron chi connectivity index (χ2n) is 4.53. The van der Waals surface area contributed by atoms with E-state index in [2.05, 4.69) is 15.9 Å². The van der Waals surface area contributed by atoms with Gasteiger partial charge in [0.25, 0.3) is 0 Å². The first-order chi connectivity index (χ1) is 7.86. The molecule has 0 aliphatic heterocycles. The van der Waals surface area contributed by atoms with Gasteiger partial charge in [0.05, 0.1) is 13.0 Å². The van der Waals surface area contributed by atoms with E-state index in [0.717, 1.165) is 15.8 Å². The van der Waals surface area contributed by atoms with Gasteiger partial charge in [0.1, 0.15) is 5.75 Å². The third-order valence-electron chi connectivity index (χ3n) is 2.56. The Morgan fingerprint density at radius 1 is 1.47 bits per heavy atom. The average molecular weight is 301 g/mol. The summed E-state index contributed by atoms with van der Waals surface area (Å²) in [6.07, 6.45) is 0.0729. The van der Waals surface area contributed by atoms with Gasteiger partial charge in [0.2, 0.25) is 0 Å². The van der Waals surface area contributed by atoms with Crippen LogP contribution in [0, 0.1) is 0 Å². The van der Waals surface area contributed by atoms with Gasteiger partial charge in [-0.05, 0) is 25.1 Å². The molecule has 0 aliphatic rings. The summed E-state index contributed by atoms with van der Waals surface area (Å²) in [5.74, 6) is -0.0561. The second kappa shape index (κ2) is 5.54. The molecule has 1 rings (SSSR count). The summed E-state index contributed by atoms with van der Waals surface area (Å²) >= 11 is 3.40.